The number of urea groups is 2. The molecular weight excluding hydrogens is 298 g/mol. The molecule has 1 aliphatic heterocycles. The number of rotatable bonds is 3. The topological polar surface area (TPSA) is 90.9 Å². The van der Waals surface area contributed by atoms with Gasteiger partial charge in [0.1, 0.15) is 11.4 Å². The van der Waals surface area contributed by atoms with Crippen molar-refractivity contribution in [3.05, 3.63) is 29.3 Å². The average Bonchev–Trinajstić information content (AvgIpc) is 2.99. The summed E-state index contributed by atoms with van der Waals surface area (Å²) in [6.45, 7) is 0.880. The van der Waals surface area contributed by atoms with Crippen molar-refractivity contribution in [1.82, 2.24) is 15.5 Å². The van der Waals surface area contributed by atoms with Crippen molar-refractivity contribution in [3.63, 3.8) is 0 Å². The number of carbonyl (C=O) groups excluding carboxylic acids is 2. The van der Waals surface area contributed by atoms with Gasteiger partial charge in [-0.15, -0.1) is 0 Å². The Morgan fingerprint density at radius 1 is 1.52 bits per heavy atom. The number of benzene rings is 1. The van der Waals surface area contributed by atoms with Gasteiger partial charge in [-0.1, -0.05) is 6.07 Å². The smallest absolute Gasteiger partial charge is 0.325 e. The van der Waals surface area contributed by atoms with Gasteiger partial charge in [0, 0.05) is 13.1 Å². The first-order chi connectivity index (χ1) is 11.0. The van der Waals surface area contributed by atoms with E-state index in [4.69, 9.17) is 4.74 Å². The number of aliphatic hydroxyl groups is 1. The highest BCUT2D eigenvalue weighted by molar-refractivity contribution is 5.94. The number of nitrogens with zero attached hydrogens (tertiary/aromatic N) is 1. The SMILES string of the molecule is COc1ccc2c(c1)CCC[C@@]2(O)CNC(=O)N1CCNC1=O. The van der Waals surface area contributed by atoms with Gasteiger partial charge in [0.25, 0.3) is 0 Å². The molecule has 7 heteroatoms. The second-order valence-electron chi connectivity index (χ2n) is 5.95. The van der Waals surface area contributed by atoms with Crippen LogP contribution in [0, 0.1) is 0 Å². The van der Waals surface area contributed by atoms with E-state index in [-0.39, 0.29) is 6.54 Å². The number of hydrogen-bond acceptors (Lipinski definition) is 4. The summed E-state index contributed by atoms with van der Waals surface area (Å²) in [5.74, 6) is 0.755. The molecule has 0 bridgehead atoms. The summed E-state index contributed by atoms with van der Waals surface area (Å²) in [5.41, 5.74) is 0.730. The third kappa shape index (κ3) is 2.96. The number of hydrogen-bond donors (Lipinski definition) is 3. The van der Waals surface area contributed by atoms with Crippen LogP contribution in [0.4, 0.5) is 9.59 Å². The minimum Gasteiger partial charge on any atom is -0.497 e. The maximum Gasteiger partial charge on any atom is 0.325 e. The third-order valence-electron chi connectivity index (χ3n) is 4.48. The Morgan fingerprint density at radius 2 is 2.35 bits per heavy atom. The largest absolute Gasteiger partial charge is 0.497 e. The Hall–Kier alpha value is -2.28. The molecule has 4 amide bonds. The van der Waals surface area contributed by atoms with Crippen LogP contribution in [-0.4, -0.2) is 48.8 Å². The first kappa shape index (κ1) is 15.6. The van der Waals surface area contributed by atoms with Crippen molar-refractivity contribution < 1.29 is 19.4 Å². The number of methoxy groups -OCH3 is 1. The molecule has 1 atom stereocenters. The monoisotopic (exact) mass is 319 g/mol. The van der Waals surface area contributed by atoms with Crippen LogP contribution in [0.5, 0.6) is 5.75 Å². The lowest BCUT2D eigenvalue weighted by Gasteiger charge is -2.35. The number of carbonyl (C=O) groups is 2. The molecule has 3 N–H and O–H groups in total. The van der Waals surface area contributed by atoms with Crippen molar-refractivity contribution in [3.8, 4) is 5.75 Å². The maximum atomic E-state index is 12.1. The van der Waals surface area contributed by atoms with Crippen LogP contribution in [-0.2, 0) is 12.0 Å². The van der Waals surface area contributed by atoms with E-state index in [1.165, 1.54) is 0 Å². The molecule has 1 heterocycles. The summed E-state index contributed by atoms with van der Waals surface area (Å²) in [6.07, 6.45) is 2.27. The summed E-state index contributed by atoms with van der Waals surface area (Å²) in [4.78, 5) is 24.7. The lowest BCUT2D eigenvalue weighted by Crippen LogP contribution is -2.48. The minimum atomic E-state index is -1.12. The molecule has 0 radical (unpaired) electrons. The van der Waals surface area contributed by atoms with Gasteiger partial charge in [-0.05, 0) is 42.5 Å². The van der Waals surface area contributed by atoms with Crippen LogP contribution in [0.2, 0.25) is 0 Å². The standard InChI is InChI=1S/C16H21N3O4/c1-23-12-4-5-13-11(9-12)3-2-6-16(13,22)10-18-15(21)19-8-7-17-14(19)20/h4-5,9,22H,2-3,6-8,10H2,1H3,(H,17,20)(H,18,21)/t16-/m1/s1. The molecule has 3 rings (SSSR count). The van der Waals surface area contributed by atoms with Crippen LogP contribution in [0.3, 0.4) is 0 Å². The van der Waals surface area contributed by atoms with E-state index in [0.717, 1.165) is 34.6 Å². The molecule has 7 nitrogen and oxygen atoms in total. The van der Waals surface area contributed by atoms with Crippen LogP contribution in [0.15, 0.2) is 18.2 Å². The summed E-state index contributed by atoms with van der Waals surface area (Å²) in [6, 6.07) is 4.71. The molecule has 0 unspecified atom stereocenters. The summed E-state index contributed by atoms with van der Waals surface area (Å²) < 4.78 is 5.22. The molecule has 124 valence electrons. The third-order valence-corrected chi connectivity index (χ3v) is 4.48. The van der Waals surface area contributed by atoms with Crippen LogP contribution in [0.1, 0.15) is 24.0 Å². The molecule has 0 aromatic heterocycles. The van der Waals surface area contributed by atoms with E-state index in [9.17, 15) is 14.7 Å². The van der Waals surface area contributed by atoms with E-state index >= 15 is 0 Å². The molecule has 1 aromatic carbocycles. The van der Waals surface area contributed by atoms with Crippen molar-refractivity contribution in [2.24, 2.45) is 0 Å². The molecule has 1 saturated heterocycles. The van der Waals surface area contributed by atoms with E-state index < -0.39 is 17.7 Å². The highest BCUT2D eigenvalue weighted by Crippen LogP contribution is 2.36. The fourth-order valence-electron chi connectivity index (χ4n) is 3.23. The zero-order chi connectivity index (χ0) is 16.4. The molecule has 23 heavy (non-hydrogen) atoms. The molecule has 0 spiro atoms. The summed E-state index contributed by atoms with van der Waals surface area (Å²) in [5, 5.41) is 16.2. The fourth-order valence-corrected chi connectivity index (χ4v) is 3.23. The first-order valence-electron chi connectivity index (χ1n) is 7.76. The predicted molar refractivity (Wildman–Crippen MR) is 83.3 cm³/mol. The number of aryl methyl sites for hydroxylation is 1. The lowest BCUT2D eigenvalue weighted by molar-refractivity contribution is 0.0209. The normalized spacial score (nSPS) is 23.2. The van der Waals surface area contributed by atoms with Gasteiger partial charge in [0.15, 0.2) is 0 Å². The second kappa shape index (κ2) is 6.08. The molecule has 1 aliphatic carbocycles. The summed E-state index contributed by atoms with van der Waals surface area (Å²) >= 11 is 0. The van der Waals surface area contributed by atoms with E-state index in [0.29, 0.717) is 19.5 Å². The van der Waals surface area contributed by atoms with Crippen molar-refractivity contribution in [2.45, 2.75) is 24.9 Å². The summed E-state index contributed by atoms with van der Waals surface area (Å²) in [7, 11) is 1.61. The van der Waals surface area contributed by atoms with Crippen LogP contribution < -0.4 is 15.4 Å². The Kier molecular flexibility index (Phi) is 4.12. The Morgan fingerprint density at radius 3 is 3.04 bits per heavy atom. The lowest BCUT2D eigenvalue weighted by atomic mass is 9.79. The van der Waals surface area contributed by atoms with Gasteiger partial charge in [-0.2, -0.15) is 0 Å². The van der Waals surface area contributed by atoms with Crippen molar-refractivity contribution >= 4 is 12.1 Å². The van der Waals surface area contributed by atoms with Crippen LogP contribution in [0.25, 0.3) is 0 Å². The fraction of sp³-hybridized carbons (Fsp3) is 0.500. The maximum absolute atomic E-state index is 12.1. The highest BCUT2D eigenvalue weighted by Gasteiger charge is 2.36. The van der Waals surface area contributed by atoms with Gasteiger partial charge in [0.05, 0.1) is 13.7 Å². The molecule has 0 saturated carbocycles. The molecule has 1 fully saturated rings. The minimum absolute atomic E-state index is 0.0783. The highest BCUT2D eigenvalue weighted by atomic mass is 16.5. The van der Waals surface area contributed by atoms with Gasteiger partial charge in [-0.25, -0.2) is 14.5 Å². The average molecular weight is 319 g/mol. The molecular formula is C16H21N3O4. The van der Waals surface area contributed by atoms with Crippen LogP contribution >= 0.6 is 0 Å². The van der Waals surface area contributed by atoms with E-state index in [1.807, 2.05) is 18.2 Å². The Labute approximate surface area is 134 Å². The van der Waals surface area contributed by atoms with Gasteiger partial charge >= 0.3 is 12.1 Å². The zero-order valence-electron chi connectivity index (χ0n) is 13.1. The number of imide groups is 1. The Balaban J connectivity index is 1.73. The number of ether oxygens (including phenoxy) is 1. The van der Waals surface area contributed by atoms with E-state index in [2.05, 4.69) is 10.6 Å². The first-order valence-corrected chi connectivity index (χ1v) is 7.76. The zero-order valence-corrected chi connectivity index (χ0v) is 13.1. The van der Waals surface area contributed by atoms with Gasteiger partial charge in [-0.3, -0.25) is 0 Å². The predicted octanol–water partition coefficient (Wildman–Crippen LogP) is 0.954. The number of fused-ring (bicyclic) bond motifs is 1. The van der Waals surface area contributed by atoms with E-state index in [1.54, 1.807) is 7.11 Å². The second-order valence-corrected chi connectivity index (χ2v) is 5.95. The van der Waals surface area contributed by atoms with Crippen molar-refractivity contribution in [1.29, 1.82) is 0 Å². The van der Waals surface area contributed by atoms with Gasteiger partial charge < -0.3 is 20.5 Å². The molecule has 1 aromatic rings. The number of nitrogens with one attached hydrogen (secondary N) is 2. The van der Waals surface area contributed by atoms with Crippen molar-refractivity contribution in [2.75, 3.05) is 26.7 Å². The Bertz CT molecular complexity index is 634. The van der Waals surface area contributed by atoms with Gasteiger partial charge in [0.2, 0.25) is 0 Å². The quantitative estimate of drug-likeness (QED) is 0.774. The number of amides is 4. The molecule has 2 aliphatic rings.